The minimum atomic E-state index is -3.47. The third kappa shape index (κ3) is 3.36. The molecule has 6 heteroatoms. The van der Waals surface area contributed by atoms with Gasteiger partial charge in [0.1, 0.15) is 0 Å². The summed E-state index contributed by atoms with van der Waals surface area (Å²) >= 11 is 0. The van der Waals surface area contributed by atoms with Gasteiger partial charge in [-0.25, -0.2) is 4.72 Å². The molecule has 1 unspecified atom stereocenters. The molecular formula is C18H21N3O2S. The molecule has 0 saturated carbocycles. The van der Waals surface area contributed by atoms with Gasteiger partial charge in [-0.15, -0.1) is 0 Å². The highest BCUT2D eigenvalue weighted by Crippen LogP contribution is 2.30. The summed E-state index contributed by atoms with van der Waals surface area (Å²) in [5.74, 6) is -0.0722. The van der Waals surface area contributed by atoms with E-state index in [4.69, 9.17) is 0 Å². The number of benzene rings is 2. The number of para-hydroxylation sites is 1. The molecule has 3 aromatic rings. The molecule has 126 valence electrons. The smallest absolute Gasteiger partial charge is 0.278 e. The number of hydrogen-bond donors (Lipinski definition) is 2. The van der Waals surface area contributed by atoms with E-state index in [1.165, 1.54) is 18.4 Å². The Bertz CT molecular complexity index is 918. The standard InChI is InChI=1S/C18H21N3O2S/c1-21(2)24(22,23)20-13-16(14-8-4-3-5-9-14)17-12-19-18-11-7-6-10-15(17)18/h3-12,16,19-20H,13H2,1-2H3. The van der Waals surface area contributed by atoms with E-state index in [-0.39, 0.29) is 5.92 Å². The van der Waals surface area contributed by atoms with Crippen LogP contribution >= 0.6 is 0 Å². The lowest BCUT2D eigenvalue weighted by Gasteiger charge is -2.20. The summed E-state index contributed by atoms with van der Waals surface area (Å²) in [5, 5.41) is 1.11. The Hall–Kier alpha value is -2.15. The highest BCUT2D eigenvalue weighted by atomic mass is 32.2. The van der Waals surface area contributed by atoms with Crippen LogP contribution in [0, 0.1) is 0 Å². The number of aromatic nitrogens is 1. The molecule has 0 aliphatic rings. The fourth-order valence-corrected chi connectivity index (χ4v) is 3.43. The van der Waals surface area contributed by atoms with Gasteiger partial charge in [0.05, 0.1) is 0 Å². The Kier molecular flexibility index (Phi) is 4.71. The molecule has 0 saturated heterocycles. The number of fused-ring (bicyclic) bond motifs is 1. The second-order valence-corrected chi connectivity index (χ2v) is 7.86. The van der Waals surface area contributed by atoms with E-state index in [2.05, 4.69) is 15.8 Å². The molecule has 2 N–H and O–H groups in total. The maximum absolute atomic E-state index is 12.1. The average molecular weight is 343 g/mol. The van der Waals surface area contributed by atoms with E-state index < -0.39 is 10.2 Å². The second kappa shape index (κ2) is 6.76. The molecule has 0 amide bonds. The summed E-state index contributed by atoms with van der Waals surface area (Å²) in [7, 11) is -0.434. The fourth-order valence-electron chi connectivity index (χ4n) is 2.79. The first kappa shape index (κ1) is 16.7. The van der Waals surface area contributed by atoms with Gasteiger partial charge in [-0.1, -0.05) is 48.5 Å². The lowest BCUT2D eigenvalue weighted by molar-refractivity contribution is 0.503. The van der Waals surface area contributed by atoms with Crippen molar-refractivity contribution >= 4 is 21.1 Å². The minimum absolute atomic E-state index is 0.0722. The quantitative estimate of drug-likeness (QED) is 0.723. The highest BCUT2D eigenvalue weighted by Gasteiger charge is 2.21. The van der Waals surface area contributed by atoms with E-state index >= 15 is 0 Å². The summed E-state index contributed by atoms with van der Waals surface area (Å²) < 4.78 is 28.1. The van der Waals surface area contributed by atoms with E-state index in [9.17, 15) is 8.42 Å². The maximum Gasteiger partial charge on any atom is 0.278 e. The van der Waals surface area contributed by atoms with Gasteiger partial charge >= 0.3 is 0 Å². The molecule has 5 nitrogen and oxygen atoms in total. The molecule has 2 aromatic carbocycles. The van der Waals surface area contributed by atoms with Crippen molar-refractivity contribution in [3.63, 3.8) is 0 Å². The predicted molar refractivity (Wildman–Crippen MR) is 97.2 cm³/mol. The topological polar surface area (TPSA) is 65.2 Å². The first-order valence-electron chi connectivity index (χ1n) is 7.77. The average Bonchev–Trinajstić information content (AvgIpc) is 3.00. The van der Waals surface area contributed by atoms with Crippen LogP contribution in [0.1, 0.15) is 17.0 Å². The Morgan fingerprint density at radius 2 is 1.71 bits per heavy atom. The summed E-state index contributed by atoms with van der Waals surface area (Å²) in [6.45, 7) is 0.298. The first-order chi connectivity index (χ1) is 11.5. The number of nitrogens with zero attached hydrogens (tertiary/aromatic N) is 1. The van der Waals surface area contributed by atoms with Crippen molar-refractivity contribution in [1.29, 1.82) is 0 Å². The van der Waals surface area contributed by atoms with Gasteiger partial charge < -0.3 is 4.98 Å². The zero-order valence-electron chi connectivity index (χ0n) is 13.7. The number of nitrogens with one attached hydrogen (secondary N) is 2. The molecule has 3 rings (SSSR count). The van der Waals surface area contributed by atoms with E-state index in [0.29, 0.717) is 6.54 Å². The zero-order chi connectivity index (χ0) is 17.2. The monoisotopic (exact) mass is 343 g/mol. The van der Waals surface area contributed by atoms with Crippen LogP contribution in [0.5, 0.6) is 0 Å². The van der Waals surface area contributed by atoms with E-state index in [0.717, 1.165) is 22.0 Å². The SMILES string of the molecule is CN(C)S(=O)(=O)NCC(c1ccccc1)c1c[nH]c2ccccc12. The van der Waals surface area contributed by atoms with Crippen molar-refractivity contribution < 1.29 is 8.42 Å². The predicted octanol–water partition coefficient (Wildman–Crippen LogP) is 2.70. The van der Waals surface area contributed by atoms with Crippen LogP contribution in [0.25, 0.3) is 10.9 Å². The van der Waals surface area contributed by atoms with Gasteiger partial charge in [-0.05, 0) is 17.2 Å². The molecule has 0 fully saturated rings. The van der Waals surface area contributed by atoms with Crippen LogP contribution in [0.3, 0.4) is 0 Å². The van der Waals surface area contributed by atoms with Crippen LogP contribution in [-0.2, 0) is 10.2 Å². The molecule has 0 spiro atoms. The van der Waals surface area contributed by atoms with Crippen molar-refractivity contribution in [3.8, 4) is 0 Å². The number of rotatable bonds is 6. The Balaban J connectivity index is 2.00. The van der Waals surface area contributed by atoms with Crippen molar-refractivity contribution in [1.82, 2.24) is 14.0 Å². The van der Waals surface area contributed by atoms with Gasteiger partial charge in [0.25, 0.3) is 10.2 Å². The molecule has 0 bridgehead atoms. The molecule has 0 aliphatic heterocycles. The second-order valence-electron chi connectivity index (χ2n) is 5.89. The number of hydrogen-bond acceptors (Lipinski definition) is 2. The van der Waals surface area contributed by atoms with Crippen LogP contribution in [0.2, 0.25) is 0 Å². The largest absolute Gasteiger partial charge is 0.361 e. The Morgan fingerprint density at radius 1 is 1.04 bits per heavy atom. The molecule has 1 atom stereocenters. The van der Waals surface area contributed by atoms with Crippen LogP contribution < -0.4 is 4.72 Å². The molecule has 0 aliphatic carbocycles. The minimum Gasteiger partial charge on any atom is -0.361 e. The number of aromatic amines is 1. The summed E-state index contributed by atoms with van der Waals surface area (Å²) in [4.78, 5) is 3.27. The summed E-state index contributed by atoms with van der Waals surface area (Å²) in [6, 6.07) is 18.0. The summed E-state index contributed by atoms with van der Waals surface area (Å²) in [6.07, 6.45) is 1.96. The van der Waals surface area contributed by atoms with Crippen molar-refractivity contribution in [2.24, 2.45) is 0 Å². The number of H-pyrrole nitrogens is 1. The summed E-state index contributed by atoms with van der Waals surface area (Å²) in [5.41, 5.74) is 3.20. The van der Waals surface area contributed by atoms with Gasteiger partial charge in [0, 0.05) is 43.7 Å². The van der Waals surface area contributed by atoms with Gasteiger partial charge in [0.2, 0.25) is 0 Å². The molecule has 1 heterocycles. The fraction of sp³-hybridized carbons (Fsp3) is 0.222. The van der Waals surface area contributed by atoms with Gasteiger partial charge in [0.15, 0.2) is 0 Å². The van der Waals surface area contributed by atoms with Crippen LogP contribution in [0.15, 0.2) is 60.8 Å². The Morgan fingerprint density at radius 3 is 2.42 bits per heavy atom. The van der Waals surface area contributed by atoms with Crippen LogP contribution in [0.4, 0.5) is 0 Å². The zero-order valence-corrected chi connectivity index (χ0v) is 14.5. The molecule has 0 radical (unpaired) electrons. The lowest BCUT2D eigenvalue weighted by atomic mass is 9.91. The lowest BCUT2D eigenvalue weighted by Crippen LogP contribution is -2.38. The highest BCUT2D eigenvalue weighted by molar-refractivity contribution is 7.87. The van der Waals surface area contributed by atoms with Crippen molar-refractivity contribution in [2.75, 3.05) is 20.6 Å². The van der Waals surface area contributed by atoms with Gasteiger partial charge in [-0.2, -0.15) is 12.7 Å². The third-order valence-electron chi connectivity index (χ3n) is 4.15. The van der Waals surface area contributed by atoms with Crippen molar-refractivity contribution in [3.05, 3.63) is 71.9 Å². The first-order valence-corrected chi connectivity index (χ1v) is 9.21. The molecule has 24 heavy (non-hydrogen) atoms. The normalized spacial score (nSPS) is 13.5. The molecular weight excluding hydrogens is 322 g/mol. The Labute approximate surface area is 142 Å². The van der Waals surface area contributed by atoms with Gasteiger partial charge in [-0.3, -0.25) is 0 Å². The third-order valence-corrected chi connectivity index (χ3v) is 5.64. The molecule has 1 aromatic heterocycles. The van der Waals surface area contributed by atoms with E-state index in [1.54, 1.807) is 0 Å². The van der Waals surface area contributed by atoms with E-state index in [1.807, 2.05) is 54.7 Å². The van der Waals surface area contributed by atoms with Crippen LogP contribution in [-0.4, -0.2) is 38.3 Å². The van der Waals surface area contributed by atoms with Crippen molar-refractivity contribution in [2.45, 2.75) is 5.92 Å². The maximum atomic E-state index is 12.1.